The van der Waals surface area contributed by atoms with Crippen LogP contribution in [0.5, 0.6) is 5.75 Å². The first-order valence-corrected chi connectivity index (χ1v) is 6.60. The van der Waals surface area contributed by atoms with E-state index in [2.05, 4.69) is 4.98 Å². The van der Waals surface area contributed by atoms with E-state index in [4.69, 9.17) is 22.1 Å². The summed E-state index contributed by atoms with van der Waals surface area (Å²) in [5.41, 5.74) is 8.79. The molecule has 0 aliphatic heterocycles. The number of nitrogens with zero attached hydrogens (tertiary/aromatic N) is 2. The Bertz CT molecular complexity index is 767. The summed E-state index contributed by atoms with van der Waals surface area (Å²) < 4.78 is 7.18. The van der Waals surface area contributed by atoms with Gasteiger partial charge in [0.15, 0.2) is 0 Å². The second-order valence-corrected chi connectivity index (χ2v) is 4.91. The number of fused-ring (bicyclic) bond motifs is 1. The van der Waals surface area contributed by atoms with E-state index < -0.39 is 0 Å². The predicted octanol–water partition coefficient (Wildman–Crippen LogP) is 3.33. The molecule has 0 saturated carbocycles. The van der Waals surface area contributed by atoms with Crippen molar-refractivity contribution in [1.82, 2.24) is 9.55 Å². The Labute approximate surface area is 121 Å². The van der Waals surface area contributed by atoms with Gasteiger partial charge in [0.2, 0.25) is 5.95 Å². The number of nitrogen functional groups attached to an aromatic ring is 1. The topological polar surface area (TPSA) is 53.1 Å². The summed E-state index contributed by atoms with van der Waals surface area (Å²) in [5.74, 6) is 1.24. The summed E-state index contributed by atoms with van der Waals surface area (Å²) in [6.45, 7) is 0.579. The van der Waals surface area contributed by atoms with Gasteiger partial charge in [0.1, 0.15) is 5.75 Å². The molecule has 1 heterocycles. The standard InChI is InChI=1S/C15H14ClN3O/c1-20-11-6-7-13-14(8-11)19(15(17)18-13)9-10-4-2-3-5-12(10)16/h2-8H,9H2,1H3,(H2,17,18). The van der Waals surface area contributed by atoms with Crippen LogP contribution in [0.25, 0.3) is 11.0 Å². The van der Waals surface area contributed by atoms with Gasteiger partial charge in [-0.15, -0.1) is 0 Å². The molecule has 3 rings (SSSR count). The second kappa shape index (κ2) is 5.06. The number of benzene rings is 2. The van der Waals surface area contributed by atoms with E-state index in [0.29, 0.717) is 12.5 Å². The van der Waals surface area contributed by atoms with Crippen molar-refractivity contribution in [3.8, 4) is 5.75 Å². The normalized spacial score (nSPS) is 10.9. The largest absolute Gasteiger partial charge is 0.497 e. The molecule has 0 radical (unpaired) electrons. The third-order valence-electron chi connectivity index (χ3n) is 3.27. The molecule has 0 aliphatic rings. The van der Waals surface area contributed by atoms with Crippen LogP contribution in [0.3, 0.4) is 0 Å². The van der Waals surface area contributed by atoms with E-state index in [1.807, 2.05) is 47.0 Å². The number of halogens is 1. The molecule has 0 amide bonds. The van der Waals surface area contributed by atoms with Crippen LogP contribution in [-0.2, 0) is 6.54 Å². The summed E-state index contributed by atoms with van der Waals surface area (Å²) >= 11 is 6.20. The Hall–Kier alpha value is -2.20. The summed E-state index contributed by atoms with van der Waals surface area (Å²) in [6, 6.07) is 13.4. The van der Waals surface area contributed by atoms with Crippen molar-refractivity contribution in [2.45, 2.75) is 6.54 Å². The highest BCUT2D eigenvalue weighted by atomic mass is 35.5. The van der Waals surface area contributed by atoms with Crippen molar-refractivity contribution in [2.24, 2.45) is 0 Å². The number of rotatable bonds is 3. The Kier molecular flexibility index (Phi) is 3.24. The minimum absolute atomic E-state index is 0.466. The minimum atomic E-state index is 0.466. The summed E-state index contributed by atoms with van der Waals surface area (Å²) in [5, 5.41) is 0.719. The molecule has 1 aromatic heterocycles. The third kappa shape index (κ3) is 2.18. The maximum Gasteiger partial charge on any atom is 0.201 e. The fourth-order valence-corrected chi connectivity index (χ4v) is 2.41. The third-order valence-corrected chi connectivity index (χ3v) is 3.64. The number of nitrogens with two attached hydrogens (primary N) is 1. The Balaban J connectivity index is 2.11. The van der Waals surface area contributed by atoms with Crippen molar-refractivity contribution >= 4 is 28.6 Å². The van der Waals surface area contributed by atoms with Crippen LogP contribution >= 0.6 is 11.6 Å². The van der Waals surface area contributed by atoms with E-state index in [1.165, 1.54) is 0 Å². The number of ether oxygens (including phenoxy) is 1. The zero-order valence-electron chi connectivity index (χ0n) is 11.0. The van der Waals surface area contributed by atoms with E-state index >= 15 is 0 Å². The molecule has 4 nitrogen and oxygen atoms in total. The quantitative estimate of drug-likeness (QED) is 0.804. The molecule has 0 bridgehead atoms. The van der Waals surface area contributed by atoms with Gasteiger partial charge in [-0.25, -0.2) is 4.98 Å². The molecule has 0 spiro atoms. The van der Waals surface area contributed by atoms with Crippen LogP contribution in [0.1, 0.15) is 5.56 Å². The van der Waals surface area contributed by atoms with Gasteiger partial charge in [-0.3, -0.25) is 0 Å². The first-order valence-electron chi connectivity index (χ1n) is 6.22. The number of aromatic nitrogens is 2. The fraction of sp³-hybridized carbons (Fsp3) is 0.133. The zero-order chi connectivity index (χ0) is 14.1. The van der Waals surface area contributed by atoms with Crippen LogP contribution in [0.4, 0.5) is 5.95 Å². The van der Waals surface area contributed by atoms with Gasteiger partial charge in [0.05, 0.1) is 24.7 Å². The van der Waals surface area contributed by atoms with Crippen LogP contribution in [0.2, 0.25) is 5.02 Å². The molecule has 0 atom stereocenters. The molecule has 20 heavy (non-hydrogen) atoms. The Morgan fingerprint density at radius 1 is 1.25 bits per heavy atom. The van der Waals surface area contributed by atoms with Gasteiger partial charge in [-0.1, -0.05) is 29.8 Å². The summed E-state index contributed by atoms with van der Waals surface area (Å²) in [6.07, 6.45) is 0. The smallest absolute Gasteiger partial charge is 0.201 e. The van der Waals surface area contributed by atoms with E-state index in [0.717, 1.165) is 27.4 Å². The van der Waals surface area contributed by atoms with E-state index in [1.54, 1.807) is 7.11 Å². The zero-order valence-corrected chi connectivity index (χ0v) is 11.8. The van der Waals surface area contributed by atoms with E-state index in [9.17, 15) is 0 Å². The van der Waals surface area contributed by atoms with Crippen LogP contribution < -0.4 is 10.5 Å². The van der Waals surface area contributed by atoms with Crippen molar-refractivity contribution < 1.29 is 4.74 Å². The number of methoxy groups -OCH3 is 1. The molecular formula is C15H14ClN3O. The van der Waals surface area contributed by atoms with Crippen molar-refractivity contribution in [3.63, 3.8) is 0 Å². The fourth-order valence-electron chi connectivity index (χ4n) is 2.21. The molecule has 2 N–H and O–H groups in total. The lowest BCUT2D eigenvalue weighted by atomic mass is 10.2. The molecule has 102 valence electrons. The average molecular weight is 288 g/mol. The van der Waals surface area contributed by atoms with Crippen molar-refractivity contribution in [2.75, 3.05) is 12.8 Å². The number of hydrogen-bond acceptors (Lipinski definition) is 3. The number of anilines is 1. The molecule has 3 aromatic rings. The van der Waals surface area contributed by atoms with Gasteiger partial charge in [-0.2, -0.15) is 0 Å². The molecular weight excluding hydrogens is 274 g/mol. The van der Waals surface area contributed by atoms with Crippen LogP contribution in [0.15, 0.2) is 42.5 Å². The second-order valence-electron chi connectivity index (χ2n) is 4.50. The van der Waals surface area contributed by atoms with Gasteiger partial charge >= 0.3 is 0 Å². The Morgan fingerprint density at radius 2 is 2.05 bits per heavy atom. The van der Waals surface area contributed by atoms with Crippen LogP contribution in [0, 0.1) is 0 Å². The maximum absolute atomic E-state index is 6.20. The van der Waals surface area contributed by atoms with Crippen LogP contribution in [-0.4, -0.2) is 16.7 Å². The predicted molar refractivity (Wildman–Crippen MR) is 81.3 cm³/mol. The highest BCUT2D eigenvalue weighted by Crippen LogP contribution is 2.25. The molecule has 0 aliphatic carbocycles. The van der Waals surface area contributed by atoms with Gasteiger partial charge in [0.25, 0.3) is 0 Å². The molecule has 2 aromatic carbocycles. The average Bonchev–Trinajstić information content (AvgIpc) is 2.77. The lowest BCUT2D eigenvalue weighted by Gasteiger charge is -2.09. The highest BCUT2D eigenvalue weighted by molar-refractivity contribution is 6.31. The van der Waals surface area contributed by atoms with Gasteiger partial charge in [0, 0.05) is 11.1 Å². The monoisotopic (exact) mass is 287 g/mol. The summed E-state index contributed by atoms with van der Waals surface area (Å²) in [4.78, 5) is 4.36. The molecule has 0 unspecified atom stereocenters. The van der Waals surface area contributed by atoms with Gasteiger partial charge < -0.3 is 15.0 Å². The molecule has 5 heteroatoms. The van der Waals surface area contributed by atoms with Gasteiger partial charge in [-0.05, 0) is 23.8 Å². The molecule has 0 saturated heterocycles. The van der Waals surface area contributed by atoms with Crippen molar-refractivity contribution in [1.29, 1.82) is 0 Å². The highest BCUT2D eigenvalue weighted by Gasteiger charge is 2.10. The van der Waals surface area contributed by atoms with Crippen molar-refractivity contribution in [3.05, 3.63) is 53.1 Å². The first kappa shape index (κ1) is 12.8. The first-order chi connectivity index (χ1) is 9.69. The number of hydrogen-bond donors (Lipinski definition) is 1. The lowest BCUT2D eigenvalue weighted by Crippen LogP contribution is -2.05. The Morgan fingerprint density at radius 3 is 2.80 bits per heavy atom. The maximum atomic E-state index is 6.20. The SMILES string of the molecule is COc1ccc2nc(N)n(Cc3ccccc3Cl)c2c1. The molecule has 0 fully saturated rings. The summed E-state index contributed by atoms with van der Waals surface area (Å²) in [7, 11) is 1.64. The van der Waals surface area contributed by atoms with E-state index in [-0.39, 0.29) is 0 Å². The number of imidazole rings is 1. The minimum Gasteiger partial charge on any atom is -0.497 e. The lowest BCUT2D eigenvalue weighted by molar-refractivity contribution is 0.415.